The van der Waals surface area contributed by atoms with Gasteiger partial charge < -0.3 is 9.88 Å². The number of thioether (sulfide) groups is 1. The van der Waals surface area contributed by atoms with E-state index in [1.165, 1.54) is 30.3 Å². The number of hydrogen-bond donors (Lipinski definition) is 1. The van der Waals surface area contributed by atoms with Gasteiger partial charge in [-0.1, -0.05) is 18.2 Å². The minimum absolute atomic E-state index is 0.0238. The zero-order chi connectivity index (χ0) is 20.3. The summed E-state index contributed by atoms with van der Waals surface area (Å²) in [7, 11) is 0. The third-order valence-electron chi connectivity index (χ3n) is 3.91. The van der Waals surface area contributed by atoms with Crippen molar-refractivity contribution < 1.29 is 22.4 Å². The van der Waals surface area contributed by atoms with Crippen LogP contribution in [0.3, 0.4) is 0 Å². The van der Waals surface area contributed by atoms with Gasteiger partial charge in [0.2, 0.25) is 0 Å². The predicted molar refractivity (Wildman–Crippen MR) is 97.8 cm³/mol. The van der Waals surface area contributed by atoms with Gasteiger partial charge in [-0.05, 0) is 48.5 Å². The van der Waals surface area contributed by atoms with Crippen LogP contribution in [0.5, 0.6) is 0 Å². The van der Waals surface area contributed by atoms with Crippen LogP contribution in [0.2, 0.25) is 0 Å². The molecule has 146 valence electrons. The van der Waals surface area contributed by atoms with Gasteiger partial charge in [0.05, 0.1) is 11.3 Å². The van der Waals surface area contributed by atoms with E-state index in [1.807, 2.05) is 0 Å². The minimum Gasteiger partial charge on any atom is -0.348 e. The summed E-state index contributed by atoms with van der Waals surface area (Å²) in [5.41, 5.74) is -3.79. The van der Waals surface area contributed by atoms with Gasteiger partial charge in [-0.15, -0.1) is 0 Å². The molecule has 0 unspecified atom stereocenters. The summed E-state index contributed by atoms with van der Waals surface area (Å²) >= 11 is -0.348. The van der Waals surface area contributed by atoms with Gasteiger partial charge in [-0.3, -0.25) is 4.79 Å². The lowest BCUT2D eigenvalue weighted by atomic mass is 10.1. The van der Waals surface area contributed by atoms with Crippen LogP contribution in [0, 0.1) is 12.7 Å². The van der Waals surface area contributed by atoms with E-state index in [-0.39, 0.29) is 28.8 Å². The van der Waals surface area contributed by atoms with Crippen LogP contribution in [0.25, 0.3) is 5.69 Å². The highest BCUT2D eigenvalue weighted by Crippen LogP contribution is 2.38. The molecular formula is C19H15F4N3OS. The van der Waals surface area contributed by atoms with Gasteiger partial charge >= 0.3 is 5.51 Å². The molecule has 0 bridgehead atoms. The van der Waals surface area contributed by atoms with Crippen LogP contribution in [-0.4, -0.2) is 21.0 Å². The third-order valence-corrected chi connectivity index (χ3v) is 4.72. The van der Waals surface area contributed by atoms with E-state index in [0.29, 0.717) is 17.1 Å². The van der Waals surface area contributed by atoms with Crippen molar-refractivity contribution in [2.75, 3.05) is 0 Å². The molecule has 0 aliphatic rings. The normalized spacial score (nSPS) is 11.5. The van der Waals surface area contributed by atoms with E-state index in [2.05, 4.69) is 10.3 Å². The average molecular weight is 409 g/mol. The lowest BCUT2D eigenvalue weighted by Gasteiger charge is -2.12. The van der Waals surface area contributed by atoms with Crippen molar-refractivity contribution in [2.45, 2.75) is 23.9 Å². The number of amides is 1. The molecule has 2 aromatic carbocycles. The zero-order valence-electron chi connectivity index (χ0n) is 14.6. The van der Waals surface area contributed by atoms with E-state index in [0.717, 1.165) is 0 Å². The number of alkyl halides is 3. The Labute approximate surface area is 162 Å². The van der Waals surface area contributed by atoms with E-state index in [9.17, 15) is 22.4 Å². The van der Waals surface area contributed by atoms with Crippen LogP contribution >= 0.6 is 11.8 Å². The maximum Gasteiger partial charge on any atom is 0.446 e. The number of benzene rings is 2. The SMILES string of the molecule is Cc1nccn1-c1ccc(CNC(=O)c2ccccc2SC(F)(F)F)cc1F. The van der Waals surface area contributed by atoms with Gasteiger partial charge in [-0.2, -0.15) is 13.2 Å². The van der Waals surface area contributed by atoms with Crippen LogP contribution in [0.15, 0.2) is 59.8 Å². The molecule has 28 heavy (non-hydrogen) atoms. The summed E-state index contributed by atoms with van der Waals surface area (Å²) in [5, 5.41) is 2.53. The molecule has 0 radical (unpaired) electrons. The van der Waals surface area contributed by atoms with E-state index >= 15 is 0 Å². The molecule has 0 spiro atoms. The minimum atomic E-state index is -4.50. The first kappa shape index (κ1) is 19.9. The summed E-state index contributed by atoms with van der Waals surface area (Å²) in [4.78, 5) is 16.2. The smallest absolute Gasteiger partial charge is 0.348 e. The van der Waals surface area contributed by atoms with Crippen molar-refractivity contribution in [3.8, 4) is 5.69 Å². The Balaban J connectivity index is 1.72. The number of aromatic nitrogens is 2. The largest absolute Gasteiger partial charge is 0.446 e. The van der Waals surface area contributed by atoms with Crippen molar-refractivity contribution in [3.63, 3.8) is 0 Å². The molecule has 1 amide bonds. The Morgan fingerprint density at radius 1 is 1.21 bits per heavy atom. The quantitative estimate of drug-likeness (QED) is 0.484. The topological polar surface area (TPSA) is 46.9 Å². The summed E-state index contributed by atoms with van der Waals surface area (Å²) in [5.74, 6) is -0.540. The maximum atomic E-state index is 14.4. The number of rotatable bonds is 5. The van der Waals surface area contributed by atoms with E-state index in [1.54, 1.807) is 36.0 Å². The van der Waals surface area contributed by atoms with Crippen LogP contribution < -0.4 is 5.32 Å². The highest BCUT2D eigenvalue weighted by atomic mass is 32.2. The van der Waals surface area contributed by atoms with Gasteiger partial charge in [0.1, 0.15) is 11.6 Å². The van der Waals surface area contributed by atoms with Crippen LogP contribution in [0.4, 0.5) is 17.6 Å². The molecule has 1 heterocycles. The Morgan fingerprint density at radius 2 is 1.96 bits per heavy atom. The lowest BCUT2D eigenvalue weighted by Crippen LogP contribution is -2.23. The molecular weight excluding hydrogens is 394 g/mol. The second-order valence-corrected chi connectivity index (χ2v) is 6.96. The summed E-state index contributed by atoms with van der Waals surface area (Å²) in [6.07, 6.45) is 3.18. The zero-order valence-corrected chi connectivity index (χ0v) is 15.4. The van der Waals surface area contributed by atoms with Crippen molar-refractivity contribution in [3.05, 3.63) is 77.6 Å². The number of halogens is 4. The molecule has 0 saturated heterocycles. The first-order valence-corrected chi connectivity index (χ1v) is 8.98. The Bertz CT molecular complexity index is 1000. The van der Waals surface area contributed by atoms with E-state index < -0.39 is 17.2 Å². The van der Waals surface area contributed by atoms with Crippen molar-refractivity contribution in [2.24, 2.45) is 0 Å². The number of imidazole rings is 1. The fourth-order valence-electron chi connectivity index (χ4n) is 2.63. The van der Waals surface area contributed by atoms with Gasteiger partial charge in [0, 0.05) is 23.8 Å². The molecule has 0 atom stereocenters. The fourth-order valence-corrected chi connectivity index (χ4v) is 3.30. The Morgan fingerprint density at radius 3 is 2.61 bits per heavy atom. The van der Waals surface area contributed by atoms with Gasteiger partial charge in [-0.25, -0.2) is 9.37 Å². The maximum absolute atomic E-state index is 14.4. The predicted octanol–water partition coefficient (Wildman–Crippen LogP) is 4.86. The first-order chi connectivity index (χ1) is 13.2. The molecule has 0 aliphatic carbocycles. The van der Waals surface area contributed by atoms with Gasteiger partial charge in [0.25, 0.3) is 5.91 Å². The molecule has 1 N–H and O–H groups in total. The lowest BCUT2D eigenvalue weighted by molar-refractivity contribution is -0.0328. The molecule has 0 fully saturated rings. The molecule has 0 aliphatic heterocycles. The molecule has 9 heteroatoms. The van der Waals surface area contributed by atoms with Crippen LogP contribution in [0.1, 0.15) is 21.7 Å². The molecule has 3 aromatic rings. The van der Waals surface area contributed by atoms with Crippen molar-refractivity contribution in [1.29, 1.82) is 0 Å². The second kappa shape index (κ2) is 8.05. The van der Waals surface area contributed by atoms with E-state index in [4.69, 9.17) is 0 Å². The standard InChI is InChI=1S/C19H15F4N3OS/c1-12-24-8-9-26(12)16-7-6-13(10-15(16)20)11-25-18(27)14-4-2-3-5-17(14)28-19(21,22)23/h2-10H,11H2,1H3,(H,25,27). The number of carbonyl (C=O) groups is 1. The summed E-state index contributed by atoms with van der Waals surface area (Å²) in [6, 6.07) is 9.91. The van der Waals surface area contributed by atoms with Crippen molar-refractivity contribution in [1.82, 2.24) is 14.9 Å². The van der Waals surface area contributed by atoms with Crippen LogP contribution in [-0.2, 0) is 6.54 Å². The number of hydrogen-bond acceptors (Lipinski definition) is 3. The highest BCUT2D eigenvalue weighted by molar-refractivity contribution is 8.00. The monoisotopic (exact) mass is 409 g/mol. The third kappa shape index (κ3) is 4.72. The molecule has 4 nitrogen and oxygen atoms in total. The number of carbonyl (C=O) groups excluding carboxylic acids is 1. The Kier molecular flexibility index (Phi) is 5.73. The summed E-state index contributed by atoms with van der Waals surface area (Å²) in [6.45, 7) is 1.72. The second-order valence-electron chi connectivity index (χ2n) is 5.86. The summed E-state index contributed by atoms with van der Waals surface area (Å²) < 4.78 is 53.9. The Hall–Kier alpha value is -2.81. The number of aryl methyl sites for hydroxylation is 1. The fraction of sp³-hybridized carbons (Fsp3) is 0.158. The number of nitrogens with zero attached hydrogens (tertiary/aromatic N) is 2. The molecule has 1 aromatic heterocycles. The molecule has 3 rings (SSSR count). The number of nitrogens with one attached hydrogen (secondary N) is 1. The van der Waals surface area contributed by atoms with Gasteiger partial charge in [0.15, 0.2) is 0 Å². The highest BCUT2D eigenvalue weighted by Gasteiger charge is 2.31. The molecule has 0 saturated carbocycles. The average Bonchev–Trinajstić information content (AvgIpc) is 3.04. The first-order valence-electron chi connectivity index (χ1n) is 8.16. The van der Waals surface area contributed by atoms with Crippen molar-refractivity contribution >= 4 is 17.7 Å².